The van der Waals surface area contributed by atoms with Crippen molar-refractivity contribution >= 4 is 25.0 Å². The van der Waals surface area contributed by atoms with Crippen LogP contribution < -0.4 is 21.5 Å². The van der Waals surface area contributed by atoms with E-state index in [2.05, 4.69) is 15.3 Å². The van der Waals surface area contributed by atoms with Crippen LogP contribution in [0.5, 0.6) is 0 Å². The molecule has 0 amide bonds. The quantitative estimate of drug-likeness (QED) is 0.349. The molecule has 0 fully saturated rings. The number of nitrogens with zero attached hydrogens (tertiary/aromatic N) is 2. The van der Waals surface area contributed by atoms with E-state index >= 15 is 0 Å². The first-order chi connectivity index (χ1) is 9.30. The third-order valence-corrected chi connectivity index (χ3v) is 3.89. The van der Waals surface area contributed by atoms with Crippen LogP contribution in [0.25, 0.3) is 0 Å². The minimum absolute atomic E-state index is 0.0435. The topological polar surface area (TPSA) is 165 Å². The number of nitrogen functional groups attached to an aromatic ring is 1. The smallest absolute Gasteiger partial charge is 0.325 e. The number of rotatable bonds is 5. The largest absolute Gasteiger partial charge is 0.396 e. The van der Waals surface area contributed by atoms with Crippen molar-refractivity contribution in [3.8, 4) is 0 Å². The van der Waals surface area contributed by atoms with Crippen molar-refractivity contribution in [2.45, 2.75) is 0 Å². The predicted octanol–water partition coefficient (Wildman–Crippen LogP) is -1.67. The van der Waals surface area contributed by atoms with Gasteiger partial charge in [-0.1, -0.05) is 0 Å². The van der Waals surface area contributed by atoms with Crippen LogP contribution in [0, 0.1) is 5.92 Å². The summed E-state index contributed by atoms with van der Waals surface area (Å²) in [5, 5.41) is 12.0. The highest BCUT2D eigenvalue weighted by Gasteiger charge is 2.28. The highest BCUT2D eigenvalue weighted by molar-refractivity contribution is 7.51. The lowest BCUT2D eigenvalue weighted by atomic mass is 10.2. The summed E-state index contributed by atoms with van der Waals surface area (Å²) in [5.41, 5.74) is 5.31. The zero-order chi connectivity index (χ0) is 14.9. The van der Waals surface area contributed by atoms with Crippen molar-refractivity contribution in [2.24, 2.45) is 5.92 Å². The molecule has 0 aromatic carbocycles. The fourth-order valence-electron chi connectivity index (χ4n) is 2.09. The van der Waals surface area contributed by atoms with Gasteiger partial charge in [0.05, 0.1) is 12.8 Å². The second kappa shape index (κ2) is 5.41. The molecule has 2 heterocycles. The fourth-order valence-corrected chi connectivity index (χ4v) is 2.99. The molecule has 11 heteroatoms. The molecular formula is C9H16N5O5P. The normalized spacial score (nSPS) is 15.8. The molecule has 10 nitrogen and oxygen atoms in total. The minimum Gasteiger partial charge on any atom is -0.396 e. The number of aliphatic hydroxyl groups excluding tert-OH is 1. The Kier molecular flexibility index (Phi) is 4.00. The molecule has 1 atom stereocenters. The van der Waals surface area contributed by atoms with E-state index in [0.717, 1.165) is 0 Å². The fraction of sp³-hybridized carbons (Fsp3) is 0.556. The van der Waals surface area contributed by atoms with Gasteiger partial charge in [0.1, 0.15) is 5.69 Å². The van der Waals surface area contributed by atoms with Crippen molar-refractivity contribution in [1.29, 1.82) is 0 Å². The zero-order valence-corrected chi connectivity index (χ0v) is 11.4. The second-order valence-electron chi connectivity index (χ2n) is 4.60. The Hall–Kier alpha value is -1.61. The van der Waals surface area contributed by atoms with E-state index in [1.54, 1.807) is 4.90 Å². The molecule has 0 aliphatic carbocycles. The van der Waals surface area contributed by atoms with Crippen LogP contribution in [0.1, 0.15) is 0 Å². The third kappa shape index (κ3) is 3.28. The van der Waals surface area contributed by atoms with Gasteiger partial charge in [-0.25, -0.2) is 0 Å². The van der Waals surface area contributed by atoms with E-state index < -0.39 is 25.2 Å². The molecule has 1 aliphatic heterocycles. The summed E-state index contributed by atoms with van der Waals surface area (Å²) in [6.07, 6.45) is -0.437. The molecular weight excluding hydrogens is 289 g/mol. The van der Waals surface area contributed by atoms with Crippen LogP contribution in [0.2, 0.25) is 0 Å². The highest BCUT2D eigenvalue weighted by Crippen LogP contribution is 2.37. The molecule has 1 aromatic rings. The molecule has 0 saturated carbocycles. The second-order valence-corrected chi connectivity index (χ2v) is 6.30. The van der Waals surface area contributed by atoms with Crippen LogP contribution in [0.3, 0.4) is 0 Å². The van der Waals surface area contributed by atoms with E-state index in [9.17, 15) is 14.5 Å². The number of aromatic nitrogens is 2. The summed E-state index contributed by atoms with van der Waals surface area (Å²) in [4.78, 5) is 37.5. The van der Waals surface area contributed by atoms with Crippen molar-refractivity contribution < 1.29 is 19.5 Å². The van der Waals surface area contributed by atoms with Crippen molar-refractivity contribution in [3.63, 3.8) is 0 Å². The van der Waals surface area contributed by atoms with Crippen molar-refractivity contribution in [2.75, 3.05) is 41.9 Å². The van der Waals surface area contributed by atoms with E-state index in [0.29, 0.717) is 5.82 Å². The number of fused-ring (bicyclic) bond motifs is 1. The zero-order valence-electron chi connectivity index (χ0n) is 10.5. The first kappa shape index (κ1) is 14.8. The first-order valence-corrected chi connectivity index (χ1v) is 7.64. The lowest BCUT2D eigenvalue weighted by molar-refractivity contribution is 0.233. The standard InChI is InChI=1S/C9H16N5O5P/c10-9-12-7-6(8(16)13-9)11-4-14(7)1-5(2-15)3-20(17,18)19/h5,11,15H,1-4H2,(H2,17,18,19)(H3,10,12,13,16). The van der Waals surface area contributed by atoms with Gasteiger partial charge in [-0.15, -0.1) is 0 Å². The van der Waals surface area contributed by atoms with Crippen molar-refractivity contribution in [3.05, 3.63) is 10.4 Å². The Morgan fingerprint density at radius 2 is 2.20 bits per heavy atom. The molecule has 0 saturated heterocycles. The molecule has 1 unspecified atom stereocenters. The van der Waals surface area contributed by atoms with Gasteiger partial charge in [0.15, 0.2) is 5.82 Å². The third-order valence-electron chi connectivity index (χ3n) is 2.90. The minimum atomic E-state index is -4.22. The maximum Gasteiger partial charge on any atom is 0.325 e. The lowest BCUT2D eigenvalue weighted by Gasteiger charge is -2.23. The Morgan fingerprint density at radius 1 is 1.50 bits per heavy atom. The van der Waals surface area contributed by atoms with Gasteiger partial charge in [-0.05, 0) is 0 Å². The Balaban J connectivity index is 2.18. The molecule has 0 bridgehead atoms. The van der Waals surface area contributed by atoms with E-state index in [4.69, 9.17) is 15.5 Å². The highest BCUT2D eigenvalue weighted by atomic mass is 31.2. The van der Waals surface area contributed by atoms with Gasteiger partial charge in [0, 0.05) is 19.1 Å². The predicted molar refractivity (Wildman–Crippen MR) is 72.6 cm³/mol. The molecule has 20 heavy (non-hydrogen) atoms. The Labute approximate surface area is 113 Å². The Bertz CT molecular complexity index is 599. The van der Waals surface area contributed by atoms with Gasteiger partial charge in [-0.3, -0.25) is 14.3 Å². The van der Waals surface area contributed by atoms with Crippen LogP contribution in [0.4, 0.5) is 17.5 Å². The number of nitrogens with two attached hydrogens (primary N) is 1. The summed E-state index contributed by atoms with van der Waals surface area (Å²) in [6, 6.07) is 0. The number of hydrogen-bond acceptors (Lipinski definition) is 7. The molecule has 0 radical (unpaired) electrons. The number of aromatic amines is 1. The molecule has 1 aromatic heterocycles. The summed E-state index contributed by atoms with van der Waals surface area (Å²) in [5.74, 6) is -0.362. The molecule has 2 rings (SSSR count). The lowest BCUT2D eigenvalue weighted by Crippen LogP contribution is -2.33. The number of nitrogens with one attached hydrogen (secondary N) is 2. The SMILES string of the molecule is Nc1nc2c(c(=O)[nH]1)NCN2CC(CO)CP(=O)(O)O. The van der Waals surface area contributed by atoms with Gasteiger partial charge in [0.2, 0.25) is 5.95 Å². The van der Waals surface area contributed by atoms with Crippen LogP contribution in [0.15, 0.2) is 4.79 Å². The summed E-state index contributed by atoms with van der Waals surface area (Å²) in [6.45, 7) is 0.0274. The van der Waals surface area contributed by atoms with Gasteiger partial charge in [0.25, 0.3) is 5.56 Å². The van der Waals surface area contributed by atoms with Gasteiger partial charge >= 0.3 is 7.60 Å². The summed E-state index contributed by atoms with van der Waals surface area (Å²) in [7, 11) is -4.22. The van der Waals surface area contributed by atoms with Crippen LogP contribution in [-0.2, 0) is 4.57 Å². The van der Waals surface area contributed by atoms with E-state index in [-0.39, 0.29) is 31.5 Å². The van der Waals surface area contributed by atoms with E-state index in [1.165, 1.54) is 0 Å². The first-order valence-electron chi connectivity index (χ1n) is 5.84. The van der Waals surface area contributed by atoms with Crippen LogP contribution in [-0.4, -0.2) is 50.8 Å². The van der Waals surface area contributed by atoms with E-state index in [1.807, 2.05) is 0 Å². The number of hydrogen-bond donors (Lipinski definition) is 6. The molecule has 7 N–H and O–H groups in total. The van der Waals surface area contributed by atoms with Gasteiger partial charge in [-0.2, -0.15) is 4.98 Å². The molecule has 0 spiro atoms. The molecule has 1 aliphatic rings. The monoisotopic (exact) mass is 305 g/mol. The maximum atomic E-state index is 11.6. The van der Waals surface area contributed by atoms with Crippen molar-refractivity contribution in [1.82, 2.24) is 9.97 Å². The maximum absolute atomic E-state index is 11.6. The van der Waals surface area contributed by atoms with Crippen LogP contribution >= 0.6 is 7.60 Å². The number of H-pyrrole nitrogens is 1. The number of aliphatic hydroxyl groups is 1. The number of anilines is 3. The Morgan fingerprint density at radius 3 is 2.80 bits per heavy atom. The average Bonchev–Trinajstić information content (AvgIpc) is 2.70. The van der Waals surface area contributed by atoms with Gasteiger partial charge < -0.3 is 30.8 Å². The molecule has 112 valence electrons. The summed E-state index contributed by atoms with van der Waals surface area (Å²) < 4.78 is 11.0. The average molecular weight is 305 g/mol. The summed E-state index contributed by atoms with van der Waals surface area (Å²) >= 11 is 0.